The van der Waals surface area contributed by atoms with Gasteiger partial charge in [0.15, 0.2) is 0 Å². The molecule has 0 aliphatic carbocycles. The van der Waals surface area contributed by atoms with E-state index in [-0.39, 0.29) is 6.04 Å². The van der Waals surface area contributed by atoms with Crippen molar-refractivity contribution in [2.45, 2.75) is 51.9 Å². The fourth-order valence-electron chi connectivity index (χ4n) is 1.72. The Kier molecular flexibility index (Phi) is 5.49. The van der Waals surface area contributed by atoms with Gasteiger partial charge in [-0.15, -0.1) is 0 Å². The third-order valence-electron chi connectivity index (χ3n) is 3.37. The second kappa shape index (κ2) is 6.58. The lowest BCUT2D eigenvalue weighted by atomic mass is 10.0. The summed E-state index contributed by atoms with van der Waals surface area (Å²) in [5, 5.41) is 3.08. The van der Waals surface area contributed by atoms with E-state index < -0.39 is 28.9 Å². The second-order valence-electron chi connectivity index (χ2n) is 5.68. The normalized spacial score (nSPS) is 13.6. The average molecular weight is 319 g/mol. The van der Waals surface area contributed by atoms with E-state index in [1.54, 1.807) is 13.8 Å². The second-order valence-corrected chi connectivity index (χ2v) is 5.68. The summed E-state index contributed by atoms with van der Waals surface area (Å²) in [5.41, 5.74) is -1.77. The number of halogens is 4. The average Bonchev–Trinajstić information content (AvgIpc) is 2.39. The van der Waals surface area contributed by atoms with Gasteiger partial charge in [-0.05, 0) is 45.4 Å². The van der Waals surface area contributed by atoms with Crippen LogP contribution in [0.3, 0.4) is 0 Å². The summed E-state index contributed by atoms with van der Waals surface area (Å²) in [6.45, 7) is 10.9. The maximum atomic E-state index is 13.1. The zero-order valence-electron chi connectivity index (χ0n) is 13.1. The largest absolute Gasteiger partial charge is 0.481 e. The van der Waals surface area contributed by atoms with Gasteiger partial charge in [0.2, 0.25) is 0 Å². The molecule has 1 aromatic carbocycles. The molecule has 1 aromatic rings. The minimum absolute atomic E-state index is 0.116. The first-order valence-electron chi connectivity index (χ1n) is 6.99. The maximum absolute atomic E-state index is 13.1. The van der Waals surface area contributed by atoms with Crippen LogP contribution in [-0.2, 0) is 6.18 Å². The van der Waals surface area contributed by atoms with Gasteiger partial charge in [0, 0.05) is 11.7 Å². The SMILES string of the molecule is C=C(NC(C)CC)C(C)(C)Oc1ccc(F)cc1C(F)(F)F. The summed E-state index contributed by atoms with van der Waals surface area (Å²) >= 11 is 0. The standard InChI is InChI=1S/C16H21F4NO/c1-6-10(2)21-11(3)15(4,5)22-14-8-7-12(17)9-13(14)16(18,19)20/h7-10,21H,3,6H2,1-2,4-5H3. The van der Waals surface area contributed by atoms with Crippen molar-refractivity contribution in [1.29, 1.82) is 0 Å². The molecule has 1 N–H and O–H groups in total. The molecule has 0 amide bonds. The summed E-state index contributed by atoms with van der Waals surface area (Å²) in [7, 11) is 0. The van der Waals surface area contributed by atoms with Crippen molar-refractivity contribution < 1.29 is 22.3 Å². The van der Waals surface area contributed by atoms with Gasteiger partial charge >= 0.3 is 6.18 Å². The third kappa shape index (κ3) is 4.64. The van der Waals surface area contributed by atoms with E-state index in [4.69, 9.17) is 4.74 Å². The molecule has 0 heterocycles. The first-order chi connectivity index (χ1) is 9.97. The van der Waals surface area contributed by atoms with Crippen LogP contribution < -0.4 is 10.1 Å². The van der Waals surface area contributed by atoms with Crippen LogP contribution in [0.4, 0.5) is 17.6 Å². The van der Waals surface area contributed by atoms with Crippen LogP contribution in [-0.4, -0.2) is 11.6 Å². The Morgan fingerprint density at radius 1 is 1.32 bits per heavy atom. The number of hydrogen-bond donors (Lipinski definition) is 1. The van der Waals surface area contributed by atoms with E-state index in [0.717, 1.165) is 18.6 Å². The first-order valence-corrected chi connectivity index (χ1v) is 6.99. The number of hydrogen-bond acceptors (Lipinski definition) is 2. The van der Waals surface area contributed by atoms with E-state index in [2.05, 4.69) is 11.9 Å². The summed E-state index contributed by atoms with van der Waals surface area (Å²) < 4.78 is 57.5. The molecule has 6 heteroatoms. The van der Waals surface area contributed by atoms with Crippen LogP contribution in [0.15, 0.2) is 30.5 Å². The molecule has 0 saturated heterocycles. The number of rotatable bonds is 6. The zero-order chi connectivity index (χ0) is 17.1. The van der Waals surface area contributed by atoms with Crippen molar-refractivity contribution >= 4 is 0 Å². The van der Waals surface area contributed by atoms with Gasteiger partial charge in [0.1, 0.15) is 22.7 Å². The van der Waals surface area contributed by atoms with Gasteiger partial charge in [-0.1, -0.05) is 13.5 Å². The lowest BCUT2D eigenvalue weighted by Gasteiger charge is -2.32. The molecule has 0 aliphatic heterocycles. The van der Waals surface area contributed by atoms with Gasteiger partial charge in [-0.2, -0.15) is 13.2 Å². The van der Waals surface area contributed by atoms with Crippen molar-refractivity contribution in [3.8, 4) is 5.75 Å². The monoisotopic (exact) mass is 319 g/mol. The van der Waals surface area contributed by atoms with Crippen molar-refractivity contribution in [3.63, 3.8) is 0 Å². The molecule has 0 bridgehead atoms. The molecular weight excluding hydrogens is 298 g/mol. The molecule has 2 nitrogen and oxygen atoms in total. The van der Waals surface area contributed by atoms with E-state index in [9.17, 15) is 17.6 Å². The highest BCUT2D eigenvalue weighted by atomic mass is 19.4. The lowest BCUT2D eigenvalue weighted by molar-refractivity contribution is -0.139. The van der Waals surface area contributed by atoms with Gasteiger partial charge in [0.25, 0.3) is 0 Å². The Bertz CT molecular complexity index is 537. The minimum atomic E-state index is -4.70. The van der Waals surface area contributed by atoms with Crippen LogP contribution in [0.5, 0.6) is 5.75 Å². The molecule has 0 saturated carbocycles. The van der Waals surface area contributed by atoms with E-state index in [0.29, 0.717) is 11.8 Å². The number of alkyl halides is 3. The summed E-state index contributed by atoms with van der Waals surface area (Å²) in [4.78, 5) is 0. The molecule has 0 aromatic heterocycles. The fourth-order valence-corrected chi connectivity index (χ4v) is 1.72. The summed E-state index contributed by atoms with van der Waals surface area (Å²) in [5.74, 6) is -1.39. The highest BCUT2D eigenvalue weighted by Gasteiger charge is 2.37. The highest BCUT2D eigenvalue weighted by molar-refractivity contribution is 5.37. The fraction of sp³-hybridized carbons (Fsp3) is 0.500. The van der Waals surface area contributed by atoms with Crippen LogP contribution in [0, 0.1) is 5.82 Å². The highest BCUT2D eigenvalue weighted by Crippen LogP contribution is 2.38. The Labute approximate surface area is 128 Å². The lowest BCUT2D eigenvalue weighted by Crippen LogP contribution is -2.40. The maximum Gasteiger partial charge on any atom is 0.420 e. The summed E-state index contributed by atoms with van der Waals surface area (Å²) in [6, 6.07) is 2.46. The number of benzene rings is 1. The smallest absolute Gasteiger partial charge is 0.420 e. The van der Waals surface area contributed by atoms with Gasteiger partial charge in [-0.25, -0.2) is 4.39 Å². The Balaban J connectivity index is 3.05. The van der Waals surface area contributed by atoms with Crippen molar-refractivity contribution in [3.05, 3.63) is 41.9 Å². The summed E-state index contributed by atoms with van der Waals surface area (Å²) in [6.07, 6.45) is -3.86. The molecule has 0 fully saturated rings. The van der Waals surface area contributed by atoms with E-state index >= 15 is 0 Å². The molecular formula is C16H21F4NO. The van der Waals surface area contributed by atoms with Gasteiger partial charge < -0.3 is 10.1 Å². The van der Waals surface area contributed by atoms with E-state index in [1.807, 2.05) is 13.8 Å². The molecule has 0 aliphatic rings. The quantitative estimate of drug-likeness (QED) is 0.753. The van der Waals surface area contributed by atoms with Gasteiger partial charge in [0.05, 0.1) is 0 Å². The molecule has 22 heavy (non-hydrogen) atoms. The molecule has 0 spiro atoms. The molecule has 1 unspecified atom stereocenters. The van der Waals surface area contributed by atoms with Crippen LogP contribution in [0.2, 0.25) is 0 Å². The van der Waals surface area contributed by atoms with Gasteiger partial charge in [-0.3, -0.25) is 0 Å². The van der Waals surface area contributed by atoms with Crippen molar-refractivity contribution in [1.82, 2.24) is 5.32 Å². The Morgan fingerprint density at radius 3 is 2.41 bits per heavy atom. The number of nitrogens with one attached hydrogen (secondary N) is 1. The van der Waals surface area contributed by atoms with Crippen LogP contribution in [0.25, 0.3) is 0 Å². The van der Waals surface area contributed by atoms with Crippen LogP contribution in [0.1, 0.15) is 39.7 Å². The molecule has 1 rings (SSSR count). The number of ether oxygens (including phenoxy) is 1. The first kappa shape index (κ1) is 18.3. The molecule has 124 valence electrons. The molecule has 0 radical (unpaired) electrons. The minimum Gasteiger partial charge on any atom is -0.481 e. The van der Waals surface area contributed by atoms with E-state index in [1.165, 1.54) is 0 Å². The molecule has 1 atom stereocenters. The van der Waals surface area contributed by atoms with Crippen molar-refractivity contribution in [2.75, 3.05) is 0 Å². The third-order valence-corrected chi connectivity index (χ3v) is 3.37. The predicted octanol–water partition coefficient (Wildman–Crippen LogP) is 4.90. The predicted molar refractivity (Wildman–Crippen MR) is 78.1 cm³/mol. The van der Waals surface area contributed by atoms with Crippen molar-refractivity contribution in [2.24, 2.45) is 0 Å². The zero-order valence-corrected chi connectivity index (χ0v) is 13.1. The topological polar surface area (TPSA) is 21.3 Å². The Hall–Kier alpha value is -1.72. The van der Waals surface area contributed by atoms with Crippen LogP contribution >= 0.6 is 0 Å². The Morgan fingerprint density at radius 2 is 1.91 bits per heavy atom.